The number of methoxy groups -OCH3 is 1. The molecule has 2 heterocycles. The van der Waals surface area contributed by atoms with E-state index in [9.17, 15) is 18.0 Å². The van der Waals surface area contributed by atoms with Gasteiger partial charge in [0.15, 0.2) is 0 Å². The zero-order chi connectivity index (χ0) is 26.2. The van der Waals surface area contributed by atoms with Crippen molar-refractivity contribution in [3.63, 3.8) is 0 Å². The van der Waals surface area contributed by atoms with Gasteiger partial charge in [0.2, 0.25) is 0 Å². The molecule has 1 aliphatic rings. The highest BCUT2D eigenvalue weighted by molar-refractivity contribution is 6.38. The number of benzene rings is 2. The molecule has 0 spiro atoms. The van der Waals surface area contributed by atoms with E-state index in [0.29, 0.717) is 64.2 Å². The zero-order valence-corrected chi connectivity index (χ0v) is 21.9. The second-order valence-corrected chi connectivity index (χ2v) is 10.1. The summed E-state index contributed by atoms with van der Waals surface area (Å²) >= 11 is 13.2. The number of fused-ring (bicyclic) bond motifs is 1. The maximum atomic E-state index is 13.3. The first-order chi connectivity index (χ1) is 17.0. The number of hydrogen-bond acceptors (Lipinski definition) is 3. The van der Waals surface area contributed by atoms with E-state index >= 15 is 0 Å². The summed E-state index contributed by atoms with van der Waals surface area (Å²) in [5, 5.41) is 0.614. The van der Waals surface area contributed by atoms with Gasteiger partial charge in [-0.25, -0.2) is 4.98 Å². The normalized spacial score (nSPS) is 15.2. The van der Waals surface area contributed by atoms with Gasteiger partial charge in [-0.1, -0.05) is 23.2 Å². The lowest BCUT2D eigenvalue weighted by Crippen LogP contribution is -2.38. The minimum atomic E-state index is -4.46. The average Bonchev–Trinajstić information content (AvgIpc) is 3.15. The molecule has 1 saturated heterocycles. The molecule has 0 aliphatic carbocycles. The molecular formula is C26H28Cl2F3N3O2. The molecule has 4 rings (SSSR count). The average molecular weight is 542 g/mol. The van der Waals surface area contributed by atoms with Gasteiger partial charge in [0.05, 0.1) is 27.2 Å². The van der Waals surface area contributed by atoms with Crippen LogP contribution in [0.3, 0.4) is 0 Å². The molecule has 3 aromatic rings. The lowest BCUT2D eigenvalue weighted by molar-refractivity contribution is -0.137. The van der Waals surface area contributed by atoms with Crippen LogP contribution < -0.4 is 0 Å². The van der Waals surface area contributed by atoms with Crippen LogP contribution in [-0.4, -0.2) is 47.2 Å². The van der Waals surface area contributed by atoms with Crippen molar-refractivity contribution in [3.05, 3.63) is 62.4 Å². The van der Waals surface area contributed by atoms with Gasteiger partial charge in [0.1, 0.15) is 5.82 Å². The molecule has 0 radical (unpaired) electrons. The number of rotatable bonds is 6. The summed E-state index contributed by atoms with van der Waals surface area (Å²) in [6.45, 7) is 3.61. The van der Waals surface area contributed by atoms with Crippen molar-refractivity contribution in [2.24, 2.45) is 13.0 Å². The van der Waals surface area contributed by atoms with Crippen LogP contribution in [0, 0.1) is 12.8 Å². The Morgan fingerprint density at radius 3 is 2.53 bits per heavy atom. The number of ether oxygens (including phenoxy) is 1. The van der Waals surface area contributed by atoms with Crippen LogP contribution in [0.15, 0.2) is 24.3 Å². The summed E-state index contributed by atoms with van der Waals surface area (Å²) in [7, 11) is 3.35. The Morgan fingerprint density at radius 1 is 1.19 bits per heavy atom. The number of imidazole rings is 1. The van der Waals surface area contributed by atoms with Crippen molar-refractivity contribution in [2.75, 3.05) is 26.8 Å². The second-order valence-electron chi connectivity index (χ2n) is 9.33. The Labute approximate surface area is 218 Å². The highest BCUT2D eigenvalue weighted by atomic mass is 35.5. The first-order valence-electron chi connectivity index (χ1n) is 11.8. The molecule has 5 nitrogen and oxygen atoms in total. The predicted octanol–water partition coefficient (Wildman–Crippen LogP) is 6.69. The fraction of sp³-hybridized carbons (Fsp3) is 0.462. The number of carbonyl (C=O) groups is 1. The molecule has 0 saturated carbocycles. The molecule has 10 heteroatoms. The van der Waals surface area contributed by atoms with Crippen molar-refractivity contribution in [2.45, 2.75) is 38.8 Å². The van der Waals surface area contributed by atoms with E-state index in [4.69, 9.17) is 27.9 Å². The molecule has 1 aromatic heterocycles. The first kappa shape index (κ1) is 26.8. The predicted molar refractivity (Wildman–Crippen MR) is 135 cm³/mol. The van der Waals surface area contributed by atoms with Gasteiger partial charge in [-0.3, -0.25) is 4.79 Å². The van der Waals surface area contributed by atoms with E-state index in [1.165, 1.54) is 0 Å². The Balaban J connectivity index is 1.61. The van der Waals surface area contributed by atoms with E-state index in [-0.39, 0.29) is 17.4 Å². The third-order valence-corrected chi connectivity index (χ3v) is 7.77. The van der Waals surface area contributed by atoms with Crippen LogP contribution in [0.25, 0.3) is 11.0 Å². The van der Waals surface area contributed by atoms with Gasteiger partial charge in [0, 0.05) is 45.3 Å². The molecule has 0 bridgehead atoms. The van der Waals surface area contributed by atoms with Gasteiger partial charge in [0.25, 0.3) is 5.91 Å². The van der Waals surface area contributed by atoms with Crippen LogP contribution in [0.2, 0.25) is 10.0 Å². The number of carbonyl (C=O) groups excluding carboxylic acids is 1. The third-order valence-electron chi connectivity index (χ3n) is 6.98. The van der Waals surface area contributed by atoms with Gasteiger partial charge in [-0.2, -0.15) is 13.2 Å². The van der Waals surface area contributed by atoms with E-state index in [0.717, 1.165) is 31.4 Å². The molecule has 36 heavy (non-hydrogen) atoms. The fourth-order valence-corrected chi connectivity index (χ4v) is 5.37. The third kappa shape index (κ3) is 5.36. The van der Waals surface area contributed by atoms with Gasteiger partial charge >= 0.3 is 6.18 Å². The largest absolute Gasteiger partial charge is 0.416 e. The van der Waals surface area contributed by atoms with Crippen LogP contribution in [-0.2, 0) is 24.4 Å². The lowest BCUT2D eigenvalue weighted by Gasteiger charge is -2.32. The van der Waals surface area contributed by atoms with E-state index in [2.05, 4.69) is 4.98 Å². The molecule has 0 atom stereocenters. The summed E-state index contributed by atoms with van der Waals surface area (Å²) in [5.41, 5.74) is 1.44. The second kappa shape index (κ2) is 10.6. The van der Waals surface area contributed by atoms with Gasteiger partial charge in [-0.05, 0) is 67.5 Å². The molecule has 1 fully saturated rings. The smallest absolute Gasteiger partial charge is 0.385 e. The monoisotopic (exact) mass is 541 g/mol. The highest BCUT2D eigenvalue weighted by Gasteiger charge is 2.32. The number of hydrogen-bond donors (Lipinski definition) is 0. The fourth-order valence-electron chi connectivity index (χ4n) is 4.79. The SMILES string of the molecule is COCCC1CCN(C(=O)c2ccc(Cl)c(Cc3nc4c(C)cc(C(F)(F)F)cc4n3C)c2Cl)CC1. The zero-order valence-electron chi connectivity index (χ0n) is 20.4. The number of aromatic nitrogens is 2. The van der Waals surface area contributed by atoms with Gasteiger partial charge in [-0.15, -0.1) is 0 Å². The summed E-state index contributed by atoms with van der Waals surface area (Å²) in [5.74, 6) is 0.877. The number of alkyl halides is 3. The quantitative estimate of drug-likeness (QED) is 0.349. The Kier molecular flexibility index (Phi) is 7.88. The summed E-state index contributed by atoms with van der Waals surface area (Å²) in [4.78, 5) is 19.7. The van der Waals surface area contributed by atoms with Crippen LogP contribution in [0.4, 0.5) is 13.2 Å². The Bertz CT molecular complexity index is 1280. The molecule has 1 amide bonds. The standard InChI is InChI=1S/C26H28Cl2F3N3O2/c1-15-12-17(26(29,30)31)13-21-24(15)32-22(33(21)2)14-19-20(27)5-4-18(23(19)28)25(35)34-9-6-16(7-10-34)8-11-36-3/h4-5,12-13,16H,6-11,14H2,1-3H3. The molecule has 0 N–H and O–H groups in total. The Morgan fingerprint density at radius 2 is 1.89 bits per heavy atom. The molecule has 1 aliphatic heterocycles. The van der Waals surface area contributed by atoms with Crippen LogP contribution >= 0.6 is 23.2 Å². The maximum absolute atomic E-state index is 13.3. The van der Waals surface area contributed by atoms with Crippen molar-refractivity contribution in [1.82, 2.24) is 14.5 Å². The molecule has 0 unspecified atom stereocenters. The number of nitrogens with zero attached hydrogens (tertiary/aromatic N) is 3. The maximum Gasteiger partial charge on any atom is 0.416 e. The summed E-state index contributed by atoms with van der Waals surface area (Å²) in [6.07, 6.45) is -1.49. The van der Waals surface area contributed by atoms with Crippen molar-refractivity contribution >= 4 is 40.1 Å². The number of piperidine rings is 1. The number of amides is 1. The highest BCUT2D eigenvalue weighted by Crippen LogP contribution is 2.35. The minimum absolute atomic E-state index is 0.154. The number of likely N-dealkylation sites (tertiary alicyclic amines) is 1. The van der Waals surface area contributed by atoms with Crippen molar-refractivity contribution < 1.29 is 22.7 Å². The lowest BCUT2D eigenvalue weighted by atomic mass is 9.93. The number of halogens is 5. The molecule has 194 valence electrons. The minimum Gasteiger partial charge on any atom is -0.385 e. The topological polar surface area (TPSA) is 47.4 Å². The van der Waals surface area contributed by atoms with Crippen molar-refractivity contribution in [3.8, 4) is 0 Å². The summed E-state index contributed by atoms with van der Waals surface area (Å²) in [6, 6.07) is 5.45. The van der Waals surface area contributed by atoms with Crippen molar-refractivity contribution in [1.29, 1.82) is 0 Å². The first-order valence-corrected chi connectivity index (χ1v) is 12.5. The van der Waals surface area contributed by atoms with E-state index in [1.54, 1.807) is 42.7 Å². The van der Waals surface area contributed by atoms with E-state index in [1.807, 2.05) is 0 Å². The summed E-state index contributed by atoms with van der Waals surface area (Å²) < 4.78 is 46.8. The van der Waals surface area contributed by atoms with Gasteiger partial charge < -0.3 is 14.2 Å². The van der Waals surface area contributed by atoms with Crippen LogP contribution in [0.1, 0.15) is 52.1 Å². The Hall–Kier alpha value is -2.29. The number of aryl methyl sites for hydroxylation is 2. The molecular weight excluding hydrogens is 514 g/mol. The van der Waals surface area contributed by atoms with E-state index < -0.39 is 11.7 Å². The van der Waals surface area contributed by atoms with Crippen LogP contribution in [0.5, 0.6) is 0 Å². The molecule has 2 aromatic carbocycles.